The Labute approximate surface area is 200 Å². The first-order valence-electron chi connectivity index (χ1n) is 10.0. The molecule has 0 aromatic heterocycles. The molecular weight excluding hydrogens is 463 g/mol. The zero-order chi connectivity index (χ0) is 23.5. The van der Waals surface area contributed by atoms with E-state index in [9.17, 15) is 10.1 Å². The molecule has 1 heterocycles. The molecule has 0 fully saturated rings. The predicted octanol–water partition coefficient (Wildman–Crippen LogP) is 5.83. The maximum atomic E-state index is 12.6. The number of benzene rings is 3. The van der Waals surface area contributed by atoms with Gasteiger partial charge in [-0.25, -0.2) is 4.79 Å². The zero-order valence-corrected chi connectivity index (χ0v) is 19.0. The van der Waals surface area contributed by atoms with Crippen LogP contribution in [0.15, 0.2) is 72.1 Å². The van der Waals surface area contributed by atoms with Gasteiger partial charge in [0.1, 0.15) is 28.9 Å². The molecule has 1 aliphatic rings. The van der Waals surface area contributed by atoms with Crippen molar-refractivity contribution in [2.24, 2.45) is 5.73 Å². The summed E-state index contributed by atoms with van der Waals surface area (Å²) in [6.45, 7) is 2.42. The van der Waals surface area contributed by atoms with E-state index in [1.165, 1.54) is 12.1 Å². The second-order valence-corrected chi connectivity index (χ2v) is 7.99. The lowest BCUT2D eigenvalue weighted by atomic mass is 9.83. The Morgan fingerprint density at radius 2 is 1.94 bits per heavy atom. The average molecular weight is 481 g/mol. The lowest BCUT2D eigenvalue weighted by Crippen LogP contribution is -2.21. The number of fused-ring (bicyclic) bond motifs is 1. The molecule has 4 rings (SSSR count). The van der Waals surface area contributed by atoms with Crippen LogP contribution in [0.3, 0.4) is 0 Å². The normalized spacial score (nSPS) is 14.7. The van der Waals surface area contributed by atoms with E-state index < -0.39 is 11.9 Å². The van der Waals surface area contributed by atoms with Crippen LogP contribution in [0, 0.1) is 11.3 Å². The van der Waals surface area contributed by atoms with Gasteiger partial charge in [0.25, 0.3) is 0 Å². The Bertz CT molecular complexity index is 1310. The van der Waals surface area contributed by atoms with Crippen LogP contribution >= 0.6 is 23.2 Å². The largest absolute Gasteiger partial charge is 0.494 e. The van der Waals surface area contributed by atoms with Crippen molar-refractivity contribution in [2.45, 2.75) is 12.8 Å². The monoisotopic (exact) mass is 480 g/mol. The third-order valence-corrected chi connectivity index (χ3v) is 5.60. The number of hydrogen-bond acceptors (Lipinski definition) is 6. The molecule has 2 N–H and O–H groups in total. The number of ether oxygens (including phenoxy) is 3. The van der Waals surface area contributed by atoms with Crippen molar-refractivity contribution in [1.29, 1.82) is 5.26 Å². The fourth-order valence-electron chi connectivity index (χ4n) is 3.61. The number of nitrogens with two attached hydrogens (primary N) is 1. The summed E-state index contributed by atoms with van der Waals surface area (Å²) in [6.07, 6.45) is 0. The third kappa shape index (κ3) is 4.61. The van der Waals surface area contributed by atoms with Crippen LogP contribution in [-0.4, -0.2) is 12.6 Å². The van der Waals surface area contributed by atoms with E-state index in [2.05, 4.69) is 6.07 Å². The van der Waals surface area contributed by atoms with Crippen LogP contribution in [0.25, 0.3) is 0 Å². The SMILES string of the molecule is CCOc1cccc(C2C(C#N)=C(N)Oc3cc(OC(=O)c4ccc(Cl)cc4Cl)ccc32)c1. The number of allylic oxidation sites excluding steroid dienone is 1. The molecule has 8 heteroatoms. The van der Waals surface area contributed by atoms with Crippen LogP contribution in [-0.2, 0) is 0 Å². The maximum Gasteiger partial charge on any atom is 0.345 e. The maximum absolute atomic E-state index is 12.6. The van der Waals surface area contributed by atoms with Gasteiger partial charge in [0.15, 0.2) is 0 Å². The number of rotatable bonds is 5. The molecule has 166 valence electrons. The van der Waals surface area contributed by atoms with Crippen LogP contribution in [0.1, 0.15) is 34.3 Å². The lowest BCUT2D eigenvalue weighted by Gasteiger charge is -2.27. The molecule has 0 saturated carbocycles. The number of hydrogen-bond donors (Lipinski definition) is 1. The van der Waals surface area contributed by atoms with Gasteiger partial charge < -0.3 is 19.9 Å². The Morgan fingerprint density at radius 3 is 2.67 bits per heavy atom. The molecule has 3 aromatic rings. The summed E-state index contributed by atoms with van der Waals surface area (Å²) < 4.78 is 16.8. The quantitative estimate of drug-likeness (QED) is 0.364. The van der Waals surface area contributed by atoms with Gasteiger partial charge in [-0.15, -0.1) is 0 Å². The molecule has 0 amide bonds. The van der Waals surface area contributed by atoms with Crippen LogP contribution in [0.4, 0.5) is 0 Å². The molecule has 6 nitrogen and oxygen atoms in total. The van der Waals surface area contributed by atoms with E-state index in [0.717, 1.165) is 5.56 Å². The Balaban J connectivity index is 1.69. The Hall–Kier alpha value is -3.66. The highest BCUT2D eigenvalue weighted by Crippen LogP contribution is 2.44. The zero-order valence-electron chi connectivity index (χ0n) is 17.5. The molecule has 1 atom stereocenters. The van der Waals surface area contributed by atoms with Crippen molar-refractivity contribution in [3.8, 4) is 23.3 Å². The number of halogens is 2. The minimum absolute atomic E-state index is 0.0129. The molecule has 33 heavy (non-hydrogen) atoms. The standard InChI is InChI=1S/C25H18Cl2N2O4/c1-2-31-16-5-3-4-14(10-16)23-19-9-7-17(12-22(19)33-24(29)20(23)13-28)32-25(30)18-8-6-15(26)11-21(18)27/h3-12,23H,2,29H2,1H3. The fourth-order valence-corrected chi connectivity index (χ4v) is 4.10. The molecule has 0 bridgehead atoms. The summed E-state index contributed by atoms with van der Waals surface area (Å²) in [5.74, 6) is 0.181. The molecule has 0 spiro atoms. The summed E-state index contributed by atoms with van der Waals surface area (Å²) in [5.41, 5.74) is 8.06. The van der Waals surface area contributed by atoms with Crippen molar-refractivity contribution >= 4 is 29.2 Å². The third-order valence-electron chi connectivity index (χ3n) is 5.05. The Morgan fingerprint density at radius 1 is 1.12 bits per heavy atom. The van der Waals surface area contributed by atoms with E-state index in [0.29, 0.717) is 28.7 Å². The van der Waals surface area contributed by atoms with Gasteiger partial charge >= 0.3 is 5.97 Å². The highest BCUT2D eigenvalue weighted by atomic mass is 35.5. The second-order valence-electron chi connectivity index (χ2n) is 7.14. The number of nitrogens with zero attached hydrogens (tertiary/aromatic N) is 1. The fraction of sp³-hybridized carbons (Fsp3) is 0.120. The molecule has 0 radical (unpaired) electrons. The van der Waals surface area contributed by atoms with Gasteiger partial charge in [-0.3, -0.25) is 0 Å². The highest BCUT2D eigenvalue weighted by molar-refractivity contribution is 6.36. The predicted molar refractivity (Wildman–Crippen MR) is 125 cm³/mol. The first-order valence-corrected chi connectivity index (χ1v) is 10.8. The number of esters is 1. The van der Waals surface area contributed by atoms with E-state index in [-0.39, 0.29) is 27.8 Å². The second kappa shape index (κ2) is 9.45. The minimum atomic E-state index is -0.644. The van der Waals surface area contributed by atoms with Gasteiger partial charge in [-0.1, -0.05) is 41.4 Å². The lowest BCUT2D eigenvalue weighted by molar-refractivity contribution is 0.0734. The molecular formula is C25H18Cl2N2O4. The summed E-state index contributed by atoms with van der Waals surface area (Å²) >= 11 is 12.0. The first-order chi connectivity index (χ1) is 15.9. The summed E-state index contributed by atoms with van der Waals surface area (Å²) in [4.78, 5) is 12.6. The molecule has 3 aromatic carbocycles. The van der Waals surface area contributed by atoms with Crippen molar-refractivity contribution < 1.29 is 19.0 Å². The van der Waals surface area contributed by atoms with Gasteiger partial charge in [-0.2, -0.15) is 5.26 Å². The van der Waals surface area contributed by atoms with E-state index in [1.807, 2.05) is 31.2 Å². The van der Waals surface area contributed by atoms with Crippen LogP contribution < -0.4 is 19.9 Å². The van der Waals surface area contributed by atoms with Gasteiger partial charge in [-0.05, 0) is 48.9 Å². The number of carbonyl (C=O) groups excluding carboxylic acids is 1. The molecule has 0 saturated heterocycles. The minimum Gasteiger partial charge on any atom is -0.494 e. The van der Waals surface area contributed by atoms with Gasteiger partial charge in [0.05, 0.1) is 23.1 Å². The number of carbonyl (C=O) groups is 1. The van der Waals surface area contributed by atoms with Crippen molar-refractivity contribution in [2.75, 3.05) is 6.61 Å². The smallest absolute Gasteiger partial charge is 0.345 e. The highest BCUT2D eigenvalue weighted by Gasteiger charge is 2.31. The van der Waals surface area contributed by atoms with Crippen LogP contribution in [0.2, 0.25) is 10.0 Å². The Kier molecular flexibility index (Phi) is 6.45. The van der Waals surface area contributed by atoms with Crippen LogP contribution in [0.5, 0.6) is 17.2 Å². The van der Waals surface area contributed by atoms with Gasteiger partial charge in [0.2, 0.25) is 5.88 Å². The topological polar surface area (TPSA) is 94.6 Å². The molecule has 1 unspecified atom stereocenters. The summed E-state index contributed by atoms with van der Waals surface area (Å²) in [5, 5.41) is 10.3. The van der Waals surface area contributed by atoms with Crippen molar-refractivity contribution in [3.63, 3.8) is 0 Å². The van der Waals surface area contributed by atoms with Gasteiger partial charge in [0, 0.05) is 16.7 Å². The van der Waals surface area contributed by atoms with E-state index in [1.54, 1.807) is 24.3 Å². The summed E-state index contributed by atoms with van der Waals surface area (Å²) in [7, 11) is 0. The van der Waals surface area contributed by atoms with Crippen molar-refractivity contribution in [3.05, 3.63) is 98.9 Å². The van der Waals surface area contributed by atoms with Crippen molar-refractivity contribution in [1.82, 2.24) is 0 Å². The molecule has 0 aliphatic carbocycles. The molecule has 1 aliphatic heterocycles. The first kappa shape index (κ1) is 22.5. The van der Waals surface area contributed by atoms with E-state index >= 15 is 0 Å². The average Bonchev–Trinajstić information content (AvgIpc) is 2.78. The number of nitriles is 1. The summed E-state index contributed by atoms with van der Waals surface area (Å²) in [6, 6.07) is 19.0. The van der Waals surface area contributed by atoms with E-state index in [4.69, 9.17) is 43.1 Å².